The smallest absolute Gasteiger partial charge is 0.234 e. The summed E-state index contributed by atoms with van der Waals surface area (Å²) in [5.41, 5.74) is 2.54. The number of rotatable bonds is 8. The highest BCUT2D eigenvalue weighted by Gasteiger charge is 2.11. The summed E-state index contributed by atoms with van der Waals surface area (Å²) < 4.78 is 10.6. The summed E-state index contributed by atoms with van der Waals surface area (Å²) in [5, 5.41) is 11.8. The van der Waals surface area contributed by atoms with Gasteiger partial charge in [-0.1, -0.05) is 23.9 Å². The molecule has 1 N–H and O–H groups in total. The van der Waals surface area contributed by atoms with Crippen LogP contribution in [0.1, 0.15) is 17.3 Å². The number of amides is 1. The van der Waals surface area contributed by atoms with Gasteiger partial charge in [0.1, 0.15) is 16.5 Å². The zero-order chi connectivity index (χ0) is 21.5. The Balaban J connectivity index is 1.63. The van der Waals surface area contributed by atoms with Crippen molar-refractivity contribution in [2.24, 2.45) is 0 Å². The van der Waals surface area contributed by atoms with Gasteiger partial charge in [0.15, 0.2) is 5.78 Å². The maximum absolute atomic E-state index is 12.2. The van der Waals surface area contributed by atoms with Crippen molar-refractivity contribution in [3.8, 4) is 22.8 Å². The molecule has 2 aromatic carbocycles. The van der Waals surface area contributed by atoms with E-state index in [0.717, 1.165) is 5.56 Å². The van der Waals surface area contributed by atoms with Crippen molar-refractivity contribution in [2.45, 2.75) is 11.9 Å². The van der Waals surface area contributed by atoms with Gasteiger partial charge >= 0.3 is 0 Å². The molecule has 0 saturated heterocycles. The van der Waals surface area contributed by atoms with Crippen molar-refractivity contribution in [2.75, 3.05) is 25.3 Å². The number of benzene rings is 2. The number of nitrogens with zero attached hydrogens (tertiary/aromatic N) is 2. The van der Waals surface area contributed by atoms with Gasteiger partial charge in [-0.15, -0.1) is 10.2 Å². The van der Waals surface area contributed by atoms with E-state index in [9.17, 15) is 9.59 Å². The number of methoxy groups -OCH3 is 2. The first-order chi connectivity index (χ1) is 14.5. The van der Waals surface area contributed by atoms with E-state index in [2.05, 4.69) is 15.5 Å². The topological polar surface area (TPSA) is 90.4 Å². The molecule has 0 aliphatic carbocycles. The van der Waals surface area contributed by atoms with Gasteiger partial charge < -0.3 is 14.8 Å². The molecule has 1 heterocycles. The highest BCUT2D eigenvalue weighted by Crippen LogP contribution is 2.32. The molecule has 0 saturated carbocycles. The largest absolute Gasteiger partial charge is 0.497 e. The number of ketones is 1. The summed E-state index contributed by atoms with van der Waals surface area (Å²) in [6.45, 7) is 1.49. The van der Waals surface area contributed by atoms with Gasteiger partial charge in [-0.2, -0.15) is 0 Å². The molecule has 0 aliphatic rings. The number of carbonyl (C=O) groups is 2. The Morgan fingerprint density at radius 2 is 1.83 bits per heavy atom. The van der Waals surface area contributed by atoms with Crippen LogP contribution < -0.4 is 14.8 Å². The molecular formula is C22H21N3O4S. The lowest BCUT2D eigenvalue weighted by molar-refractivity contribution is -0.113. The molecular weight excluding hydrogens is 402 g/mol. The lowest BCUT2D eigenvalue weighted by Crippen LogP contribution is -2.14. The van der Waals surface area contributed by atoms with E-state index in [-0.39, 0.29) is 17.4 Å². The summed E-state index contributed by atoms with van der Waals surface area (Å²) in [7, 11) is 3.19. The highest BCUT2D eigenvalue weighted by molar-refractivity contribution is 7.99. The SMILES string of the molecule is COc1ccc(OC)c(-c2ccc(SCC(=O)Nc3cccc(C(C)=O)c3)nn2)c1. The van der Waals surface area contributed by atoms with Gasteiger partial charge in [0.25, 0.3) is 0 Å². The van der Waals surface area contributed by atoms with E-state index in [0.29, 0.717) is 33.5 Å². The standard InChI is InChI=1S/C22H21N3O4S/c1-14(26)15-5-4-6-16(11-15)23-21(27)13-30-22-10-8-19(24-25-22)18-12-17(28-2)7-9-20(18)29-3/h4-12H,13H2,1-3H3,(H,23,27). The van der Waals surface area contributed by atoms with E-state index >= 15 is 0 Å². The molecule has 1 amide bonds. The monoisotopic (exact) mass is 423 g/mol. The van der Waals surface area contributed by atoms with Crippen molar-refractivity contribution in [1.82, 2.24) is 10.2 Å². The maximum atomic E-state index is 12.2. The van der Waals surface area contributed by atoms with E-state index < -0.39 is 0 Å². The van der Waals surface area contributed by atoms with E-state index in [1.807, 2.05) is 24.3 Å². The zero-order valence-corrected chi connectivity index (χ0v) is 17.7. The third-order valence-corrected chi connectivity index (χ3v) is 5.15. The molecule has 0 atom stereocenters. The first kappa shape index (κ1) is 21.3. The third kappa shape index (κ3) is 5.36. The molecule has 7 nitrogen and oxygen atoms in total. The number of aromatic nitrogens is 2. The van der Waals surface area contributed by atoms with Crippen LogP contribution in [0.4, 0.5) is 5.69 Å². The van der Waals surface area contributed by atoms with Gasteiger partial charge in [0, 0.05) is 16.8 Å². The number of hydrogen-bond acceptors (Lipinski definition) is 7. The molecule has 3 aromatic rings. The predicted molar refractivity (Wildman–Crippen MR) is 116 cm³/mol. The van der Waals surface area contributed by atoms with E-state index in [1.165, 1.54) is 18.7 Å². The average Bonchev–Trinajstić information content (AvgIpc) is 2.77. The van der Waals surface area contributed by atoms with E-state index in [4.69, 9.17) is 9.47 Å². The van der Waals surface area contributed by atoms with E-state index in [1.54, 1.807) is 44.6 Å². The predicted octanol–water partition coefficient (Wildman–Crippen LogP) is 4.09. The van der Waals surface area contributed by atoms with Crippen LogP contribution in [-0.2, 0) is 4.79 Å². The second-order valence-corrected chi connectivity index (χ2v) is 7.29. The number of thioether (sulfide) groups is 1. The zero-order valence-electron chi connectivity index (χ0n) is 16.8. The minimum Gasteiger partial charge on any atom is -0.497 e. The quantitative estimate of drug-likeness (QED) is 0.431. The molecule has 0 aliphatic heterocycles. The molecule has 1 aromatic heterocycles. The van der Waals surface area contributed by atoms with Crippen LogP contribution in [0.25, 0.3) is 11.3 Å². The van der Waals surface area contributed by atoms with Crippen LogP contribution in [0.5, 0.6) is 11.5 Å². The minimum atomic E-state index is -0.193. The molecule has 0 unspecified atom stereocenters. The Labute approximate surface area is 178 Å². The van der Waals surface area contributed by atoms with Crippen molar-refractivity contribution < 1.29 is 19.1 Å². The number of anilines is 1. The number of hydrogen-bond donors (Lipinski definition) is 1. The van der Waals surface area contributed by atoms with Gasteiger partial charge in [-0.25, -0.2) is 0 Å². The van der Waals surface area contributed by atoms with Crippen LogP contribution in [0.2, 0.25) is 0 Å². The molecule has 0 spiro atoms. The molecule has 8 heteroatoms. The highest BCUT2D eigenvalue weighted by atomic mass is 32.2. The first-order valence-electron chi connectivity index (χ1n) is 9.10. The number of nitrogens with one attached hydrogen (secondary N) is 1. The second kappa shape index (κ2) is 9.89. The summed E-state index contributed by atoms with van der Waals surface area (Å²) in [5.74, 6) is 1.28. The van der Waals surface area contributed by atoms with Crippen LogP contribution >= 0.6 is 11.8 Å². The van der Waals surface area contributed by atoms with Crippen LogP contribution in [0.3, 0.4) is 0 Å². The molecule has 3 rings (SSSR count). The maximum Gasteiger partial charge on any atom is 0.234 e. The fraction of sp³-hybridized carbons (Fsp3) is 0.182. The molecule has 0 fully saturated rings. The lowest BCUT2D eigenvalue weighted by atomic mass is 10.1. The summed E-state index contributed by atoms with van der Waals surface area (Å²) >= 11 is 1.27. The van der Waals surface area contributed by atoms with Gasteiger partial charge in [-0.05, 0) is 49.4 Å². The number of Topliss-reactive ketones (excluding diaryl/α,β-unsaturated/α-hetero) is 1. The van der Waals surface area contributed by atoms with Gasteiger partial charge in [0.05, 0.1) is 25.7 Å². The Hall–Kier alpha value is -3.39. The van der Waals surface area contributed by atoms with Crippen molar-refractivity contribution in [3.05, 3.63) is 60.2 Å². The molecule has 0 radical (unpaired) electrons. The average molecular weight is 423 g/mol. The third-order valence-electron chi connectivity index (χ3n) is 4.23. The summed E-state index contributed by atoms with van der Waals surface area (Å²) in [4.78, 5) is 23.7. The van der Waals surface area contributed by atoms with Gasteiger partial charge in [0.2, 0.25) is 5.91 Å². The summed E-state index contributed by atoms with van der Waals surface area (Å²) in [6, 6.07) is 15.9. The Morgan fingerprint density at radius 3 is 2.50 bits per heavy atom. The van der Waals surface area contributed by atoms with Crippen LogP contribution in [0, 0.1) is 0 Å². The van der Waals surface area contributed by atoms with Crippen molar-refractivity contribution in [1.29, 1.82) is 0 Å². The number of carbonyl (C=O) groups excluding carboxylic acids is 2. The van der Waals surface area contributed by atoms with Crippen molar-refractivity contribution in [3.63, 3.8) is 0 Å². The Kier molecular flexibility index (Phi) is 7.03. The summed E-state index contributed by atoms with van der Waals surface area (Å²) in [6.07, 6.45) is 0. The Morgan fingerprint density at radius 1 is 1.00 bits per heavy atom. The minimum absolute atomic E-state index is 0.0523. The van der Waals surface area contributed by atoms with Gasteiger partial charge in [-0.3, -0.25) is 9.59 Å². The van der Waals surface area contributed by atoms with Crippen LogP contribution in [-0.4, -0.2) is 41.9 Å². The van der Waals surface area contributed by atoms with Crippen LogP contribution in [0.15, 0.2) is 59.6 Å². The normalized spacial score (nSPS) is 10.4. The molecule has 30 heavy (non-hydrogen) atoms. The molecule has 0 bridgehead atoms. The molecule has 154 valence electrons. The second-order valence-electron chi connectivity index (χ2n) is 6.30. The number of ether oxygens (including phenoxy) is 2. The van der Waals surface area contributed by atoms with Crippen molar-refractivity contribution >= 4 is 29.1 Å². The lowest BCUT2D eigenvalue weighted by Gasteiger charge is -2.10. The fourth-order valence-electron chi connectivity index (χ4n) is 2.71. The fourth-order valence-corrected chi connectivity index (χ4v) is 3.32. The Bertz CT molecular complexity index is 1050. The first-order valence-corrected chi connectivity index (χ1v) is 10.1.